The van der Waals surface area contributed by atoms with Gasteiger partial charge in [0.05, 0.1) is 11.1 Å². The van der Waals surface area contributed by atoms with Gasteiger partial charge in [-0.3, -0.25) is 0 Å². The van der Waals surface area contributed by atoms with Crippen LogP contribution in [0.15, 0.2) is 40.2 Å². The van der Waals surface area contributed by atoms with Gasteiger partial charge in [0, 0.05) is 9.35 Å². The van der Waals surface area contributed by atoms with E-state index < -0.39 is 0 Å². The van der Waals surface area contributed by atoms with Gasteiger partial charge >= 0.3 is 0 Å². The van der Waals surface area contributed by atoms with Gasteiger partial charge in [-0.25, -0.2) is 0 Å². The van der Waals surface area contributed by atoms with E-state index in [4.69, 9.17) is 17.3 Å². The van der Waals surface area contributed by atoms with Crippen LogP contribution in [0.5, 0.6) is 0 Å². The van der Waals surface area contributed by atoms with Gasteiger partial charge in [-0.1, -0.05) is 23.7 Å². The third-order valence-corrected chi connectivity index (χ3v) is 4.32. The third kappa shape index (κ3) is 2.99. The Morgan fingerprint density at radius 3 is 2.62 bits per heavy atom. The van der Waals surface area contributed by atoms with Crippen molar-refractivity contribution in [2.75, 3.05) is 0 Å². The highest BCUT2D eigenvalue weighted by Crippen LogP contribution is 2.29. The predicted molar refractivity (Wildman–Crippen MR) is 76.7 cm³/mol. The molecule has 0 saturated heterocycles. The van der Waals surface area contributed by atoms with Gasteiger partial charge in [-0.15, -0.1) is 23.7 Å². The van der Waals surface area contributed by atoms with Gasteiger partial charge in [0.2, 0.25) is 0 Å². The molecule has 0 fully saturated rings. The largest absolute Gasteiger partial charge is 0.320 e. The lowest BCUT2D eigenvalue weighted by molar-refractivity contribution is 0.892. The lowest BCUT2D eigenvalue weighted by atomic mass is 10.1. The Bertz CT molecular complexity index is 459. The van der Waals surface area contributed by atoms with Crippen LogP contribution >= 0.6 is 51.3 Å². The number of rotatable bonds is 2. The molecule has 0 saturated carbocycles. The van der Waals surface area contributed by atoms with Crippen LogP contribution in [0.3, 0.4) is 0 Å². The Morgan fingerprint density at radius 2 is 2.06 bits per heavy atom. The molecule has 16 heavy (non-hydrogen) atoms. The third-order valence-electron chi connectivity index (χ3n) is 2.15. The summed E-state index contributed by atoms with van der Waals surface area (Å²) in [6.07, 6.45) is 0. The van der Waals surface area contributed by atoms with Crippen molar-refractivity contribution in [2.45, 2.75) is 6.04 Å². The van der Waals surface area contributed by atoms with Crippen LogP contribution in [0.1, 0.15) is 16.5 Å². The first-order valence-electron chi connectivity index (χ1n) is 4.42. The summed E-state index contributed by atoms with van der Waals surface area (Å²) in [6.45, 7) is 0. The highest BCUT2D eigenvalue weighted by atomic mass is 79.9. The summed E-state index contributed by atoms with van der Waals surface area (Å²) >= 11 is 11.0. The van der Waals surface area contributed by atoms with Crippen molar-refractivity contribution in [3.8, 4) is 0 Å². The van der Waals surface area contributed by atoms with E-state index in [1.807, 2.05) is 35.7 Å². The van der Waals surface area contributed by atoms with Crippen molar-refractivity contribution in [2.24, 2.45) is 5.73 Å². The van der Waals surface area contributed by atoms with Gasteiger partial charge in [0.25, 0.3) is 0 Å². The first-order chi connectivity index (χ1) is 7.18. The Morgan fingerprint density at radius 1 is 1.31 bits per heavy atom. The maximum Gasteiger partial charge on any atom is 0.0646 e. The molecule has 0 bridgehead atoms. The van der Waals surface area contributed by atoms with E-state index in [0.717, 1.165) is 14.9 Å². The second kappa shape index (κ2) is 6.03. The molecule has 0 amide bonds. The molecule has 2 aromatic rings. The fourth-order valence-corrected chi connectivity index (χ4v) is 2.61. The van der Waals surface area contributed by atoms with Crippen LogP contribution in [-0.4, -0.2) is 0 Å². The molecule has 2 N–H and O–H groups in total. The second-order valence-corrected chi connectivity index (χ2v) is 5.41. The molecule has 0 aliphatic heterocycles. The molecule has 1 aromatic carbocycles. The summed E-state index contributed by atoms with van der Waals surface area (Å²) in [5, 5.41) is 2.73. The van der Waals surface area contributed by atoms with E-state index >= 15 is 0 Å². The molecule has 1 atom stereocenters. The number of hydrogen-bond donors (Lipinski definition) is 1. The molecule has 86 valence electrons. The topological polar surface area (TPSA) is 26.0 Å². The minimum Gasteiger partial charge on any atom is -0.320 e. The van der Waals surface area contributed by atoms with Crippen LogP contribution in [0.25, 0.3) is 0 Å². The Balaban J connectivity index is 0.00000128. The zero-order chi connectivity index (χ0) is 10.8. The van der Waals surface area contributed by atoms with E-state index in [1.165, 1.54) is 0 Å². The van der Waals surface area contributed by atoms with E-state index in [-0.39, 0.29) is 18.4 Å². The van der Waals surface area contributed by atoms with Crippen molar-refractivity contribution in [3.05, 3.63) is 55.6 Å². The number of halogens is 3. The molecule has 2 rings (SSSR count). The van der Waals surface area contributed by atoms with Gasteiger partial charge in [-0.05, 0) is 45.1 Å². The van der Waals surface area contributed by atoms with Crippen molar-refractivity contribution in [1.29, 1.82) is 0 Å². The SMILES string of the molecule is Cl.N[C@@H](c1ccc(Cl)c(Br)c1)c1cccs1. The zero-order valence-corrected chi connectivity index (χ0v) is 12.2. The standard InChI is InChI=1S/C11H9BrClNS.ClH/c12-8-6-7(3-4-9(8)13)11(14)10-2-1-5-15-10;/h1-6,11H,14H2;1H/t11-;/m0./s1. The van der Waals surface area contributed by atoms with E-state index in [0.29, 0.717) is 5.02 Å². The summed E-state index contributed by atoms with van der Waals surface area (Å²) < 4.78 is 0.883. The number of thiophene rings is 1. The summed E-state index contributed by atoms with van der Waals surface area (Å²) in [5.41, 5.74) is 7.19. The van der Waals surface area contributed by atoms with E-state index in [2.05, 4.69) is 15.9 Å². The number of hydrogen-bond acceptors (Lipinski definition) is 2. The van der Waals surface area contributed by atoms with E-state index in [9.17, 15) is 0 Å². The van der Waals surface area contributed by atoms with Gasteiger partial charge in [0.1, 0.15) is 0 Å². The smallest absolute Gasteiger partial charge is 0.0646 e. The van der Waals surface area contributed by atoms with Crippen molar-refractivity contribution < 1.29 is 0 Å². The van der Waals surface area contributed by atoms with Crippen LogP contribution in [0.4, 0.5) is 0 Å². The molecule has 0 radical (unpaired) electrons. The number of benzene rings is 1. The first kappa shape index (κ1) is 14.0. The Kier molecular flexibility index (Phi) is 5.28. The summed E-state index contributed by atoms with van der Waals surface area (Å²) in [6, 6.07) is 9.75. The van der Waals surface area contributed by atoms with Crippen molar-refractivity contribution in [1.82, 2.24) is 0 Å². The predicted octanol–water partition coefficient (Wildman–Crippen LogP) is 4.63. The molecule has 0 spiro atoms. The first-order valence-corrected chi connectivity index (χ1v) is 6.47. The highest BCUT2D eigenvalue weighted by molar-refractivity contribution is 9.10. The molecule has 0 unspecified atom stereocenters. The maximum atomic E-state index is 6.13. The molecular formula is C11H10BrCl2NS. The zero-order valence-electron chi connectivity index (χ0n) is 8.19. The van der Waals surface area contributed by atoms with Crippen LogP contribution in [0.2, 0.25) is 5.02 Å². The molecule has 5 heteroatoms. The minimum atomic E-state index is -0.0708. The highest BCUT2D eigenvalue weighted by Gasteiger charge is 2.10. The molecule has 0 aliphatic carbocycles. The van der Waals surface area contributed by atoms with Crippen LogP contribution in [0, 0.1) is 0 Å². The van der Waals surface area contributed by atoms with Crippen molar-refractivity contribution in [3.63, 3.8) is 0 Å². The molecular weight excluding hydrogens is 329 g/mol. The van der Waals surface area contributed by atoms with E-state index in [1.54, 1.807) is 11.3 Å². The summed E-state index contributed by atoms with van der Waals surface area (Å²) in [5.74, 6) is 0. The van der Waals surface area contributed by atoms with Gasteiger partial charge in [-0.2, -0.15) is 0 Å². The van der Waals surface area contributed by atoms with Crippen LogP contribution in [-0.2, 0) is 0 Å². The molecule has 0 aliphatic rings. The van der Waals surface area contributed by atoms with Crippen LogP contribution < -0.4 is 5.73 Å². The van der Waals surface area contributed by atoms with Crippen molar-refractivity contribution >= 4 is 51.3 Å². The summed E-state index contributed by atoms with van der Waals surface area (Å²) in [7, 11) is 0. The fraction of sp³-hybridized carbons (Fsp3) is 0.0909. The molecule has 1 aromatic heterocycles. The van der Waals surface area contributed by atoms with Gasteiger partial charge in [0.15, 0.2) is 0 Å². The molecule has 1 heterocycles. The molecule has 1 nitrogen and oxygen atoms in total. The monoisotopic (exact) mass is 337 g/mol. The quantitative estimate of drug-likeness (QED) is 0.848. The second-order valence-electron chi connectivity index (χ2n) is 3.17. The number of nitrogens with two attached hydrogens (primary N) is 1. The minimum absolute atomic E-state index is 0. The summed E-state index contributed by atoms with van der Waals surface area (Å²) in [4.78, 5) is 1.16. The average Bonchev–Trinajstić information content (AvgIpc) is 2.74. The lowest BCUT2D eigenvalue weighted by Gasteiger charge is -2.10. The Labute approximate surface area is 118 Å². The normalized spacial score (nSPS) is 11.9. The Hall–Kier alpha value is -0.0600. The fourth-order valence-electron chi connectivity index (χ4n) is 1.34. The lowest BCUT2D eigenvalue weighted by Crippen LogP contribution is -2.09. The average molecular weight is 339 g/mol. The maximum absolute atomic E-state index is 6.13. The van der Waals surface area contributed by atoms with Gasteiger partial charge < -0.3 is 5.73 Å².